The van der Waals surface area contributed by atoms with Crippen LogP contribution in [0.4, 0.5) is 10.1 Å². The molecule has 1 saturated heterocycles. The van der Waals surface area contributed by atoms with Crippen LogP contribution in [0.1, 0.15) is 35.3 Å². The van der Waals surface area contributed by atoms with Crippen molar-refractivity contribution in [3.05, 3.63) is 39.4 Å². The van der Waals surface area contributed by atoms with Crippen molar-refractivity contribution in [2.75, 3.05) is 18.0 Å². The van der Waals surface area contributed by atoms with Gasteiger partial charge in [-0.2, -0.15) is 0 Å². The Bertz CT molecular complexity index is 937. The molecule has 2 aromatic rings. The standard InChI is InChI=1S/C17H18FN3O3/c1-8-4-10-14-11(16(22)12(17(23)24)7-21(8)14)5-13(18)15(10)20-3-2-9(19)6-20/h5,7-9H,2-4,6,19H2,1H3,(H,23,24). The first-order chi connectivity index (χ1) is 11.4. The number of benzene rings is 1. The quantitative estimate of drug-likeness (QED) is 0.870. The summed E-state index contributed by atoms with van der Waals surface area (Å²) in [4.78, 5) is 25.7. The van der Waals surface area contributed by atoms with Crippen molar-refractivity contribution >= 4 is 22.6 Å². The average molecular weight is 331 g/mol. The van der Waals surface area contributed by atoms with Gasteiger partial charge in [0, 0.05) is 42.3 Å². The molecule has 1 fully saturated rings. The zero-order valence-corrected chi connectivity index (χ0v) is 13.3. The summed E-state index contributed by atoms with van der Waals surface area (Å²) in [6.45, 7) is 3.20. The fraction of sp³-hybridized carbons (Fsp3) is 0.412. The molecule has 2 atom stereocenters. The molecule has 0 saturated carbocycles. The first-order valence-electron chi connectivity index (χ1n) is 8.02. The Labute approximate surface area is 137 Å². The van der Waals surface area contributed by atoms with Crippen molar-refractivity contribution in [1.82, 2.24) is 4.57 Å². The van der Waals surface area contributed by atoms with E-state index in [0.717, 1.165) is 12.0 Å². The van der Waals surface area contributed by atoms with Gasteiger partial charge in [0.2, 0.25) is 5.43 Å². The number of nitrogens with zero attached hydrogens (tertiary/aromatic N) is 2. The predicted octanol–water partition coefficient (Wildman–Crippen LogP) is 1.49. The van der Waals surface area contributed by atoms with E-state index in [1.165, 1.54) is 12.3 Å². The van der Waals surface area contributed by atoms with Gasteiger partial charge in [0.05, 0.1) is 11.2 Å². The maximum atomic E-state index is 14.8. The number of carboxylic acids is 1. The Morgan fingerprint density at radius 2 is 2.21 bits per heavy atom. The molecule has 3 heterocycles. The summed E-state index contributed by atoms with van der Waals surface area (Å²) in [7, 11) is 0. The number of hydrogen-bond donors (Lipinski definition) is 2. The van der Waals surface area contributed by atoms with E-state index in [-0.39, 0.29) is 23.0 Å². The SMILES string of the molecule is CC1Cc2c(N3CCC(N)C3)c(F)cc3c(=O)c(C(=O)O)cn1c23. The zero-order valence-electron chi connectivity index (χ0n) is 13.3. The van der Waals surface area contributed by atoms with E-state index in [1.54, 1.807) is 4.57 Å². The van der Waals surface area contributed by atoms with E-state index >= 15 is 0 Å². The molecule has 0 spiro atoms. The van der Waals surface area contributed by atoms with Crippen molar-refractivity contribution in [2.45, 2.75) is 31.8 Å². The molecule has 0 radical (unpaired) electrons. The van der Waals surface area contributed by atoms with Gasteiger partial charge >= 0.3 is 5.97 Å². The second kappa shape index (κ2) is 5.04. The fourth-order valence-electron chi connectivity index (χ4n) is 3.98. The van der Waals surface area contributed by atoms with Crippen LogP contribution in [0.3, 0.4) is 0 Å². The molecular weight excluding hydrogens is 313 g/mol. The average Bonchev–Trinajstić information content (AvgIpc) is 3.06. The van der Waals surface area contributed by atoms with Crippen LogP contribution < -0.4 is 16.1 Å². The van der Waals surface area contributed by atoms with Crippen molar-refractivity contribution in [3.8, 4) is 0 Å². The minimum Gasteiger partial charge on any atom is -0.477 e. The predicted molar refractivity (Wildman–Crippen MR) is 88.3 cm³/mol. The largest absolute Gasteiger partial charge is 0.477 e. The van der Waals surface area contributed by atoms with Gasteiger partial charge < -0.3 is 20.3 Å². The Balaban J connectivity index is 2.04. The van der Waals surface area contributed by atoms with Crippen LogP contribution in [-0.2, 0) is 6.42 Å². The van der Waals surface area contributed by atoms with Crippen LogP contribution in [0, 0.1) is 5.82 Å². The third-order valence-electron chi connectivity index (χ3n) is 5.09. The highest BCUT2D eigenvalue weighted by molar-refractivity contribution is 5.96. The number of carboxylic acid groups (broad SMARTS) is 1. The van der Waals surface area contributed by atoms with Crippen molar-refractivity contribution in [2.24, 2.45) is 5.73 Å². The number of anilines is 1. The van der Waals surface area contributed by atoms with Crippen LogP contribution in [0.25, 0.3) is 10.9 Å². The number of aromatic nitrogens is 1. The maximum absolute atomic E-state index is 14.8. The molecule has 0 aliphatic carbocycles. The molecule has 2 aliphatic heterocycles. The number of carbonyl (C=O) groups is 1. The summed E-state index contributed by atoms with van der Waals surface area (Å²) >= 11 is 0. The molecule has 3 N–H and O–H groups in total. The molecule has 0 bridgehead atoms. The van der Waals surface area contributed by atoms with E-state index in [4.69, 9.17) is 5.73 Å². The molecule has 2 aliphatic rings. The van der Waals surface area contributed by atoms with Crippen LogP contribution in [-0.4, -0.2) is 34.8 Å². The van der Waals surface area contributed by atoms with Gasteiger partial charge in [-0.1, -0.05) is 0 Å². The molecule has 1 aromatic carbocycles. The van der Waals surface area contributed by atoms with E-state index in [0.29, 0.717) is 30.7 Å². The molecule has 24 heavy (non-hydrogen) atoms. The molecule has 126 valence electrons. The normalized spacial score (nSPS) is 22.5. The fourth-order valence-corrected chi connectivity index (χ4v) is 3.98. The van der Waals surface area contributed by atoms with Gasteiger partial charge in [-0.15, -0.1) is 0 Å². The molecule has 6 nitrogen and oxygen atoms in total. The highest BCUT2D eigenvalue weighted by Crippen LogP contribution is 2.40. The zero-order chi connectivity index (χ0) is 17.2. The second-order valence-corrected chi connectivity index (χ2v) is 6.71. The van der Waals surface area contributed by atoms with Crippen molar-refractivity contribution in [3.63, 3.8) is 0 Å². The summed E-state index contributed by atoms with van der Waals surface area (Å²) in [6, 6.07) is 1.17. The van der Waals surface area contributed by atoms with E-state index < -0.39 is 17.2 Å². The molecule has 4 rings (SSSR count). The lowest BCUT2D eigenvalue weighted by molar-refractivity contribution is 0.0694. The molecule has 2 unspecified atom stereocenters. The number of pyridine rings is 1. The van der Waals surface area contributed by atoms with Crippen LogP contribution in [0.15, 0.2) is 17.1 Å². The Hall–Kier alpha value is -2.41. The van der Waals surface area contributed by atoms with Gasteiger partial charge in [0.25, 0.3) is 0 Å². The third-order valence-corrected chi connectivity index (χ3v) is 5.09. The highest BCUT2D eigenvalue weighted by Gasteiger charge is 2.32. The van der Waals surface area contributed by atoms with Crippen LogP contribution >= 0.6 is 0 Å². The van der Waals surface area contributed by atoms with Gasteiger partial charge in [-0.25, -0.2) is 9.18 Å². The Kier molecular flexibility index (Phi) is 3.18. The van der Waals surface area contributed by atoms with E-state index in [1.807, 2.05) is 11.8 Å². The minimum absolute atomic E-state index is 0.0164. The smallest absolute Gasteiger partial charge is 0.341 e. The molecule has 0 amide bonds. The minimum atomic E-state index is -1.29. The number of halogens is 1. The Morgan fingerprint density at radius 3 is 2.83 bits per heavy atom. The van der Waals surface area contributed by atoms with Gasteiger partial charge in [-0.05, 0) is 25.8 Å². The topological polar surface area (TPSA) is 88.6 Å². The van der Waals surface area contributed by atoms with E-state index in [2.05, 4.69) is 0 Å². The van der Waals surface area contributed by atoms with Crippen LogP contribution in [0.2, 0.25) is 0 Å². The molecule has 7 heteroatoms. The second-order valence-electron chi connectivity index (χ2n) is 6.71. The van der Waals surface area contributed by atoms with Gasteiger partial charge in [-0.3, -0.25) is 4.79 Å². The van der Waals surface area contributed by atoms with Gasteiger partial charge in [0.1, 0.15) is 11.4 Å². The first-order valence-corrected chi connectivity index (χ1v) is 8.02. The number of rotatable bonds is 2. The summed E-state index contributed by atoms with van der Waals surface area (Å²) in [5.74, 6) is -1.77. The summed E-state index contributed by atoms with van der Waals surface area (Å²) in [5, 5.41) is 9.38. The van der Waals surface area contributed by atoms with Crippen LogP contribution in [0.5, 0.6) is 0 Å². The lowest BCUT2D eigenvalue weighted by atomic mass is 10.0. The molecular formula is C17H18FN3O3. The van der Waals surface area contributed by atoms with Crippen molar-refractivity contribution < 1.29 is 14.3 Å². The summed E-state index contributed by atoms with van der Waals surface area (Å²) in [5.41, 5.74) is 6.93. The molecule has 1 aromatic heterocycles. The lowest BCUT2D eigenvalue weighted by Gasteiger charge is -2.22. The maximum Gasteiger partial charge on any atom is 0.341 e. The number of nitrogens with two attached hydrogens (primary N) is 1. The lowest BCUT2D eigenvalue weighted by Crippen LogP contribution is -2.28. The first kappa shape index (κ1) is 15.1. The summed E-state index contributed by atoms with van der Waals surface area (Å²) in [6.07, 6.45) is 2.75. The highest BCUT2D eigenvalue weighted by atomic mass is 19.1. The number of hydrogen-bond acceptors (Lipinski definition) is 4. The number of aromatic carboxylic acids is 1. The monoisotopic (exact) mass is 331 g/mol. The Morgan fingerprint density at radius 1 is 1.46 bits per heavy atom. The van der Waals surface area contributed by atoms with E-state index in [9.17, 15) is 19.1 Å². The van der Waals surface area contributed by atoms with Gasteiger partial charge in [0.15, 0.2) is 0 Å². The third kappa shape index (κ3) is 1.97. The van der Waals surface area contributed by atoms with Crippen molar-refractivity contribution in [1.29, 1.82) is 0 Å². The summed E-state index contributed by atoms with van der Waals surface area (Å²) < 4.78 is 16.6.